The summed E-state index contributed by atoms with van der Waals surface area (Å²) in [6, 6.07) is 12.4. The number of fused-ring (bicyclic) bond motifs is 3. The molecule has 2 aromatic rings. The number of benzene rings is 2. The van der Waals surface area contributed by atoms with E-state index in [0.29, 0.717) is 6.61 Å². The van der Waals surface area contributed by atoms with Crippen LogP contribution < -0.4 is 10.2 Å². The molecule has 138 valence electrons. The molecule has 0 spiro atoms. The van der Waals surface area contributed by atoms with Gasteiger partial charge in [-0.2, -0.15) is 0 Å². The predicted molar refractivity (Wildman–Crippen MR) is 108 cm³/mol. The van der Waals surface area contributed by atoms with Crippen LogP contribution in [0.1, 0.15) is 16.7 Å². The van der Waals surface area contributed by atoms with Gasteiger partial charge in [-0.25, -0.2) is 0 Å². The Morgan fingerprint density at radius 2 is 1.85 bits per heavy atom. The lowest BCUT2D eigenvalue weighted by molar-refractivity contribution is -0.110. The Morgan fingerprint density at radius 3 is 2.67 bits per heavy atom. The van der Waals surface area contributed by atoms with E-state index in [-0.39, 0.29) is 5.91 Å². The number of nitrogens with one attached hydrogen (secondary N) is 1. The van der Waals surface area contributed by atoms with Gasteiger partial charge in [-0.3, -0.25) is 4.79 Å². The fourth-order valence-electron chi connectivity index (χ4n) is 3.83. The molecule has 5 rings (SSSR count). The number of anilines is 2. The highest BCUT2D eigenvalue weighted by atomic mass is 32.2. The average Bonchev–Trinajstić information content (AvgIpc) is 3.05. The molecule has 0 aliphatic carbocycles. The van der Waals surface area contributed by atoms with Crippen LogP contribution in [0.15, 0.2) is 41.3 Å². The summed E-state index contributed by atoms with van der Waals surface area (Å²) in [7, 11) is 0. The Hall–Kier alpha value is -2.28. The number of carbonyl (C=O) groups is 1. The van der Waals surface area contributed by atoms with Gasteiger partial charge < -0.3 is 19.1 Å². The lowest BCUT2D eigenvalue weighted by Gasteiger charge is -2.28. The first-order valence-corrected chi connectivity index (χ1v) is 9.95. The van der Waals surface area contributed by atoms with Crippen molar-refractivity contribution in [3.8, 4) is 0 Å². The van der Waals surface area contributed by atoms with E-state index >= 15 is 0 Å². The minimum absolute atomic E-state index is 0.0350. The first-order valence-electron chi connectivity index (χ1n) is 9.21. The van der Waals surface area contributed by atoms with Crippen molar-refractivity contribution in [1.82, 2.24) is 0 Å². The van der Waals surface area contributed by atoms with Crippen molar-refractivity contribution in [2.24, 2.45) is 0 Å². The topological polar surface area (TPSA) is 50.8 Å². The molecule has 3 aliphatic rings. The van der Waals surface area contributed by atoms with Gasteiger partial charge in [-0.05, 0) is 47.9 Å². The first kappa shape index (κ1) is 16.9. The summed E-state index contributed by atoms with van der Waals surface area (Å²) >= 11 is 1.40. The van der Waals surface area contributed by atoms with Gasteiger partial charge in [0.05, 0.1) is 19.8 Å². The summed E-state index contributed by atoms with van der Waals surface area (Å²) in [5.41, 5.74) is 6.11. The second-order valence-electron chi connectivity index (χ2n) is 6.82. The average molecular weight is 380 g/mol. The van der Waals surface area contributed by atoms with Gasteiger partial charge in [0, 0.05) is 52.5 Å². The summed E-state index contributed by atoms with van der Waals surface area (Å²) < 4.78 is 10.9. The first-order chi connectivity index (χ1) is 13.3. The Labute approximate surface area is 162 Å². The van der Waals surface area contributed by atoms with Gasteiger partial charge in [0.1, 0.15) is 0 Å². The van der Waals surface area contributed by atoms with Gasteiger partial charge >= 0.3 is 0 Å². The summed E-state index contributed by atoms with van der Waals surface area (Å²) in [5, 5.41) is 3.00. The second kappa shape index (κ2) is 7.03. The Kier molecular flexibility index (Phi) is 4.39. The standard InChI is InChI=1S/C21H20N2O3S/c24-21-17(20-16-7-10-26-27-19(16)6-5-18(20)22-21)13-14-1-3-15(4-2-14)23-8-11-25-12-9-23/h1-6,13H,7-12H2,(H,22,24)/b17-13-. The highest BCUT2D eigenvalue weighted by Crippen LogP contribution is 2.42. The molecule has 5 nitrogen and oxygen atoms in total. The van der Waals surface area contributed by atoms with E-state index in [1.807, 2.05) is 18.2 Å². The number of carbonyl (C=O) groups excluding carboxylic acids is 1. The smallest absolute Gasteiger partial charge is 0.256 e. The van der Waals surface area contributed by atoms with Crippen molar-refractivity contribution in [3.05, 3.63) is 53.1 Å². The largest absolute Gasteiger partial charge is 0.378 e. The van der Waals surface area contributed by atoms with Crippen LogP contribution in [-0.4, -0.2) is 38.8 Å². The minimum atomic E-state index is -0.0350. The van der Waals surface area contributed by atoms with Gasteiger partial charge in [0.15, 0.2) is 0 Å². The van der Waals surface area contributed by atoms with Crippen molar-refractivity contribution in [2.45, 2.75) is 11.3 Å². The summed E-state index contributed by atoms with van der Waals surface area (Å²) in [6.45, 7) is 4.05. The molecule has 0 unspecified atom stereocenters. The molecular weight excluding hydrogens is 360 g/mol. The number of ether oxygens (including phenoxy) is 1. The maximum atomic E-state index is 12.6. The highest BCUT2D eigenvalue weighted by Gasteiger charge is 2.29. The molecule has 27 heavy (non-hydrogen) atoms. The molecule has 6 heteroatoms. The fraction of sp³-hybridized carbons (Fsp3) is 0.286. The van der Waals surface area contributed by atoms with Gasteiger partial charge in [0.2, 0.25) is 0 Å². The van der Waals surface area contributed by atoms with E-state index < -0.39 is 0 Å². The van der Waals surface area contributed by atoms with E-state index in [2.05, 4.69) is 34.5 Å². The Morgan fingerprint density at radius 1 is 1.04 bits per heavy atom. The van der Waals surface area contributed by atoms with Crippen molar-refractivity contribution in [1.29, 1.82) is 0 Å². The number of hydrogen-bond acceptors (Lipinski definition) is 5. The molecular formula is C21H20N2O3S. The zero-order chi connectivity index (χ0) is 18.2. The Balaban J connectivity index is 1.48. The lowest BCUT2D eigenvalue weighted by atomic mass is 9.96. The molecule has 3 aliphatic heterocycles. The van der Waals surface area contributed by atoms with Crippen molar-refractivity contribution in [2.75, 3.05) is 43.1 Å². The number of morpholine rings is 1. The zero-order valence-corrected chi connectivity index (χ0v) is 15.7. The van der Waals surface area contributed by atoms with Crippen LogP contribution in [-0.2, 0) is 20.1 Å². The monoisotopic (exact) mass is 380 g/mol. The molecule has 1 amide bonds. The third-order valence-electron chi connectivity index (χ3n) is 5.20. The maximum Gasteiger partial charge on any atom is 0.256 e. The summed E-state index contributed by atoms with van der Waals surface area (Å²) in [6.07, 6.45) is 2.82. The molecule has 1 saturated heterocycles. The summed E-state index contributed by atoms with van der Waals surface area (Å²) in [5.74, 6) is -0.0350. The third-order valence-corrected chi connectivity index (χ3v) is 6.04. The SMILES string of the molecule is O=C1Nc2ccc3c(c2/C1=C/c1ccc(N2CCOCC2)cc1)CCOS3. The second-order valence-corrected chi connectivity index (χ2v) is 7.67. The highest BCUT2D eigenvalue weighted by molar-refractivity contribution is 7.94. The van der Waals surface area contributed by atoms with E-state index in [1.165, 1.54) is 23.3 Å². The Bertz CT molecular complexity index is 918. The van der Waals surface area contributed by atoms with Crippen LogP contribution in [0.25, 0.3) is 11.6 Å². The van der Waals surface area contributed by atoms with Crippen LogP contribution in [0.5, 0.6) is 0 Å². The molecule has 0 bridgehead atoms. The van der Waals surface area contributed by atoms with Crippen LogP contribution in [0.2, 0.25) is 0 Å². The molecule has 2 aromatic carbocycles. The van der Waals surface area contributed by atoms with E-state index in [0.717, 1.165) is 60.0 Å². The van der Waals surface area contributed by atoms with Gasteiger partial charge in [0.25, 0.3) is 5.91 Å². The maximum absolute atomic E-state index is 12.6. The molecule has 1 fully saturated rings. The van der Waals surface area contributed by atoms with Crippen LogP contribution >= 0.6 is 12.0 Å². The lowest BCUT2D eigenvalue weighted by Crippen LogP contribution is -2.36. The van der Waals surface area contributed by atoms with E-state index in [4.69, 9.17) is 8.92 Å². The van der Waals surface area contributed by atoms with E-state index in [9.17, 15) is 4.79 Å². The summed E-state index contributed by atoms with van der Waals surface area (Å²) in [4.78, 5) is 16.0. The third kappa shape index (κ3) is 3.14. The number of rotatable bonds is 2. The predicted octanol–water partition coefficient (Wildman–Crippen LogP) is 3.60. The minimum Gasteiger partial charge on any atom is -0.378 e. The van der Waals surface area contributed by atoms with Gasteiger partial charge in [-0.15, -0.1) is 0 Å². The normalized spacial score (nSPS) is 20.4. The molecule has 0 atom stereocenters. The molecule has 0 saturated carbocycles. The quantitative estimate of drug-likeness (QED) is 0.637. The van der Waals surface area contributed by atoms with Crippen LogP contribution in [0, 0.1) is 0 Å². The molecule has 3 heterocycles. The fourth-order valence-corrected chi connectivity index (χ4v) is 4.55. The molecule has 1 N–H and O–H groups in total. The van der Waals surface area contributed by atoms with Crippen molar-refractivity contribution in [3.63, 3.8) is 0 Å². The van der Waals surface area contributed by atoms with Crippen LogP contribution in [0.3, 0.4) is 0 Å². The van der Waals surface area contributed by atoms with E-state index in [1.54, 1.807) is 0 Å². The molecule has 0 radical (unpaired) electrons. The number of nitrogens with zero attached hydrogens (tertiary/aromatic N) is 1. The number of hydrogen-bond donors (Lipinski definition) is 1. The molecule has 0 aromatic heterocycles. The zero-order valence-electron chi connectivity index (χ0n) is 14.9. The number of amides is 1. The van der Waals surface area contributed by atoms with Crippen LogP contribution in [0.4, 0.5) is 11.4 Å². The van der Waals surface area contributed by atoms with Crippen molar-refractivity contribution < 1.29 is 13.7 Å². The van der Waals surface area contributed by atoms with Crippen molar-refractivity contribution >= 4 is 41.0 Å². The van der Waals surface area contributed by atoms with Gasteiger partial charge in [-0.1, -0.05) is 12.1 Å².